The fourth-order valence-corrected chi connectivity index (χ4v) is 3.15. The number of carbonyl (C=O) groups is 1. The SMILES string of the molecule is CC(=O)CCC1OC1(C)CCC=C(C)CCC=C(C)CCC=C(C)C. The first-order chi connectivity index (χ1) is 11.7. The summed E-state index contributed by atoms with van der Waals surface area (Å²) in [4.78, 5) is 11.1. The lowest BCUT2D eigenvalue weighted by atomic mass is 9.97. The summed E-state index contributed by atoms with van der Waals surface area (Å²) >= 11 is 0. The maximum atomic E-state index is 11.1. The molecular weight excluding hydrogens is 308 g/mol. The van der Waals surface area contributed by atoms with Crippen LogP contribution in [0.3, 0.4) is 0 Å². The molecule has 1 rings (SSSR count). The Morgan fingerprint density at radius 1 is 0.880 bits per heavy atom. The highest BCUT2D eigenvalue weighted by molar-refractivity contribution is 5.75. The van der Waals surface area contributed by atoms with Gasteiger partial charge >= 0.3 is 0 Å². The molecule has 1 aliphatic rings. The van der Waals surface area contributed by atoms with Gasteiger partial charge < -0.3 is 9.53 Å². The van der Waals surface area contributed by atoms with Crippen molar-refractivity contribution in [1.29, 1.82) is 0 Å². The lowest BCUT2D eigenvalue weighted by molar-refractivity contribution is -0.117. The van der Waals surface area contributed by atoms with E-state index in [0.29, 0.717) is 6.42 Å². The standard InChI is InChI=1S/C23H38O2/c1-18(2)10-7-11-19(3)12-8-13-20(4)14-9-17-23(6)22(25-23)16-15-21(5)24/h10,12,14,22H,7-9,11,13,15-17H2,1-6H3. The first-order valence-electron chi connectivity index (χ1n) is 9.85. The predicted molar refractivity (Wildman–Crippen MR) is 108 cm³/mol. The number of hydrogen-bond acceptors (Lipinski definition) is 2. The second-order valence-electron chi connectivity index (χ2n) is 8.16. The van der Waals surface area contributed by atoms with E-state index in [1.807, 2.05) is 0 Å². The molecule has 0 aromatic heterocycles. The molecule has 2 unspecified atom stereocenters. The van der Waals surface area contributed by atoms with Crippen LogP contribution in [0.1, 0.15) is 92.9 Å². The number of carbonyl (C=O) groups excluding carboxylic acids is 1. The molecule has 2 heteroatoms. The van der Waals surface area contributed by atoms with E-state index >= 15 is 0 Å². The van der Waals surface area contributed by atoms with E-state index in [4.69, 9.17) is 4.74 Å². The van der Waals surface area contributed by atoms with Crippen molar-refractivity contribution in [2.75, 3.05) is 0 Å². The molecule has 0 aliphatic carbocycles. The number of rotatable bonds is 12. The van der Waals surface area contributed by atoms with E-state index < -0.39 is 0 Å². The molecule has 0 aromatic rings. The van der Waals surface area contributed by atoms with E-state index in [0.717, 1.165) is 38.5 Å². The van der Waals surface area contributed by atoms with Crippen molar-refractivity contribution in [3.63, 3.8) is 0 Å². The molecule has 2 atom stereocenters. The molecule has 0 aromatic carbocycles. The van der Waals surface area contributed by atoms with Gasteiger partial charge in [-0.05, 0) is 86.5 Å². The zero-order valence-electron chi connectivity index (χ0n) is 17.3. The van der Waals surface area contributed by atoms with Gasteiger partial charge in [-0.1, -0.05) is 34.9 Å². The molecule has 0 radical (unpaired) electrons. The maximum Gasteiger partial charge on any atom is 0.129 e. The minimum atomic E-state index is 0.00759. The fraction of sp³-hybridized carbons (Fsp3) is 0.696. The largest absolute Gasteiger partial charge is 0.366 e. The molecule has 0 amide bonds. The topological polar surface area (TPSA) is 29.6 Å². The highest BCUT2D eigenvalue weighted by Gasteiger charge is 2.50. The average molecular weight is 347 g/mol. The first kappa shape index (κ1) is 21.9. The van der Waals surface area contributed by atoms with Gasteiger partial charge in [-0.2, -0.15) is 0 Å². The van der Waals surface area contributed by atoms with Crippen LogP contribution in [0.4, 0.5) is 0 Å². The van der Waals surface area contributed by atoms with Crippen molar-refractivity contribution in [2.45, 2.75) is 105 Å². The zero-order chi connectivity index (χ0) is 18.9. The Hall–Kier alpha value is -1.15. The molecule has 0 bridgehead atoms. The number of Topliss-reactive ketones (excluding diaryl/α,β-unsaturated/α-hetero) is 1. The molecule has 0 spiro atoms. The van der Waals surface area contributed by atoms with Gasteiger partial charge in [0.25, 0.3) is 0 Å². The van der Waals surface area contributed by atoms with Gasteiger partial charge in [0.1, 0.15) is 5.78 Å². The summed E-state index contributed by atoms with van der Waals surface area (Å²) in [6, 6.07) is 0. The molecule has 1 aliphatic heterocycles. The van der Waals surface area contributed by atoms with Gasteiger partial charge in [0, 0.05) is 6.42 Å². The second-order valence-corrected chi connectivity index (χ2v) is 8.16. The summed E-state index contributed by atoms with van der Waals surface area (Å²) in [6.45, 7) is 12.6. The molecule has 0 saturated carbocycles. The zero-order valence-corrected chi connectivity index (χ0v) is 17.3. The van der Waals surface area contributed by atoms with Crippen LogP contribution in [0.5, 0.6) is 0 Å². The smallest absolute Gasteiger partial charge is 0.129 e. The van der Waals surface area contributed by atoms with Crippen LogP contribution in [-0.2, 0) is 9.53 Å². The van der Waals surface area contributed by atoms with E-state index in [1.54, 1.807) is 6.92 Å². The highest BCUT2D eigenvalue weighted by atomic mass is 16.6. The lowest BCUT2D eigenvalue weighted by Crippen LogP contribution is -2.10. The number of ether oxygens (including phenoxy) is 1. The number of hydrogen-bond donors (Lipinski definition) is 0. The van der Waals surface area contributed by atoms with Crippen molar-refractivity contribution in [2.24, 2.45) is 0 Å². The Labute approximate surface area is 155 Å². The first-order valence-corrected chi connectivity index (χ1v) is 9.85. The van der Waals surface area contributed by atoms with Crippen molar-refractivity contribution in [1.82, 2.24) is 0 Å². The van der Waals surface area contributed by atoms with Gasteiger partial charge in [-0.15, -0.1) is 0 Å². The van der Waals surface area contributed by atoms with Crippen molar-refractivity contribution >= 4 is 5.78 Å². The lowest BCUT2D eigenvalue weighted by Gasteiger charge is -2.05. The van der Waals surface area contributed by atoms with Gasteiger partial charge in [-0.3, -0.25) is 0 Å². The van der Waals surface area contributed by atoms with Crippen molar-refractivity contribution in [3.05, 3.63) is 34.9 Å². The maximum absolute atomic E-state index is 11.1. The molecule has 1 saturated heterocycles. The van der Waals surface area contributed by atoms with E-state index in [1.165, 1.54) is 23.1 Å². The van der Waals surface area contributed by atoms with Gasteiger partial charge in [0.15, 0.2) is 0 Å². The molecule has 0 N–H and O–H groups in total. The molecule has 1 fully saturated rings. The van der Waals surface area contributed by atoms with E-state index in [-0.39, 0.29) is 17.5 Å². The molecule has 2 nitrogen and oxygen atoms in total. The summed E-state index contributed by atoms with van der Waals surface area (Å²) in [7, 11) is 0. The van der Waals surface area contributed by atoms with E-state index in [2.05, 4.69) is 52.8 Å². The summed E-state index contributed by atoms with van der Waals surface area (Å²) in [6.07, 6.45) is 15.6. The average Bonchev–Trinajstić information content (AvgIpc) is 3.15. The van der Waals surface area contributed by atoms with Crippen LogP contribution in [0.15, 0.2) is 34.9 Å². The van der Waals surface area contributed by atoms with Crippen molar-refractivity contribution < 1.29 is 9.53 Å². The monoisotopic (exact) mass is 346 g/mol. The third-order valence-electron chi connectivity index (χ3n) is 5.05. The van der Waals surface area contributed by atoms with Gasteiger partial charge in [0.05, 0.1) is 11.7 Å². The minimum Gasteiger partial charge on any atom is -0.366 e. The molecule has 25 heavy (non-hydrogen) atoms. The Balaban J connectivity index is 2.20. The van der Waals surface area contributed by atoms with Crippen LogP contribution < -0.4 is 0 Å². The molecular formula is C23H38O2. The number of epoxide rings is 1. The minimum absolute atomic E-state index is 0.00759. The van der Waals surface area contributed by atoms with Gasteiger partial charge in [-0.25, -0.2) is 0 Å². The Morgan fingerprint density at radius 2 is 1.44 bits per heavy atom. The van der Waals surface area contributed by atoms with Crippen LogP contribution in [0.2, 0.25) is 0 Å². The fourth-order valence-electron chi connectivity index (χ4n) is 3.15. The normalized spacial score (nSPS) is 23.5. The van der Waals surface area contributed by atoms with Crippen LogP contribution >= 0.6 is 0 Å². The Morgan fingerprint density at radius 3 is 2.00 bits per heavy atom. The summed E-state index contributed by atoms with van der Waals surface area (Å²) < 4.78 is 5.81. The number of allylic oxidation sites excluding steroid dienone is 6. The summed E-state index contributed by atoms with van der Waals surface area (Å²) in [5.41, 5.74) is 4.38. The van der Waals surface area contributed by atoms with Crippen molar-refractivity contribution in [3.8, 4) is 0 Å². The van der Waals surface area contributed by atoms with Gasteiger partial charge in [0.2, 0.25) is 0 Å². The second kappa shape index (κ2) is 10.8. The predicted octanol–water partition coefficient (Wildman–Crippen LogP) is 6.71. The quantitative estimate of drug-likeness (QED) is 0.290. The van der Waals surface area contributed by atoms with Crippen LogP contribution in [-0.4, -0.2) is 17.5 Å². The number of ketones is 1. The highest BCUT2D eigenvalue weighted by Crippen LogP contribution is 2.43. The summed E-state index contributed by atoms with van der Waals surface area (Å²) in [5, 5.41) is 0. The third-order valence-corrected chi connectivity index (χ3v) is 5.05. The Bertz CT molecular complexity index is 520. The molecule has 1 heterocycles. The third kappa shape index (κ3) is 9.79. The Kier molecular flexibility index (Phi) is 9.42. The van der Waals surface area contributed by atoms with Crippen LogP contribution in [0, 0.1) is 0 Å². The van der Waals surface area contributed by atoms with E-state index in [9.17, 15) is 4.79 Å². The molecule has 142 valence electrons. The summed E-state index contributed by atoms with van der Waals surface area (Å²) in [5.74, 6) is 0.262. The van der Waals surface area contributed by atoms with Crippen LogP contribution in [0.25, 0.3) is 0 Å².